The summed E-state index contributed by atoms with van der Waals surface area (Å²) in [6.45, 7) is 0. The molecule has 0 fully saturated rings. The number of nitriles is 1. The third kappa shape index (κ3) is 0.998. The first-order valence-electron chi connectivity index (χ1n) is 3.74. The van der Waals surface area contributed by atoms with Gasteiger partial charge in [0.05, 0.1) is 16.8 Å². The van der Waals surface area contributed by atoms with Crippen molar-refractivity contribution >= 4 is 16.7 Å². The quantitative estimate of drug-likeness (QED) is 0.539. The van der Waals surface area contributed by atoms with E-state index < -0.39 is 4.92 Å². The molecule has 0 atom stereocenters. The maximum absolute atomic E-state index is 10.6. The summed E-state index contributed by atoms with van der Waals surface area (Å²) in [7, 11) is 0. The number of aromatic nitrogens is 2. The number of nitrogens with one attached hydrogen (secondary N) is 1. The predicted octanol–water partition coefficient (Wildman–Crippen LogP) is 1.34. The molecule has 1 aromatic heterocycles. The van der Waals surface area contributed by atoms with Gasteiger partial charge < -0.3 is 4.98 Å². The van der Waals surface area contributed by atoms with Gasteiger partial charge in [-0.05, 0) is 6.07 Å². The number of benzene rings is 1. The Kier molecular flexibility index (Phi) is 1.65. The molecule has 0 unspecified atom stereocenters. The van der Waals surface area contributed by atoms with E-state index in [1.807, 2.05) is 0 Å². The molecular weight excluding hydrogens is 184 g/mol. The molecule has 6 nitrogen and oxygen atoms in total. The smallest absolute Gasteiger partial charge is 0.289 e. The van der Waals surface area contributed by atoms with E-state index in [-0.39, 0.29) is 11.3 Å². The van der Waals surface area contributed by atoms with Gasteiger partial charge in [0, 0.05) is 6.07 Å². The Hall–Kier alpha value is -2.42. The molecule has 0 aliphatic carbocycles. The SMILES string of the molecule is N#Cc1c([N+](=O)[O-])ccc2[nH]cnc12. The van der Waals surface area contributed by atoms with Gasteiger partial charge in [-0.2, -0.15) is 5.26 Å². The van der Waals surface area contributed by atoms with Gasteiger partial charge in [0.25, 0.3) is 5.69 Å². The number of imidazole rings is 1. The number of fused-ring (bicyclic) bond motifs is 1. The van der Waals surface area contributed by atoms with Crippen LogP contribution in [0, 0.1) is 21.4 Å². The van der Waals surface area contributed by atoms with Gasteiger partial charge in [0.1, 0.15) is 11.6 Å². The molecular formula is C8H4N4O2. The van der Waals surface area contributed by atoms with Crippen molar-refractivity contribution < 1.29 is 4.92 Å². The summed E-state index contributed by atoms with van der Waals surface area (Å²) in [6.07, 6.45) is 1.40. The minimum atomic E-state index is -0.591. The normalized spacial score (nSPS) is 9.93. The molecule has 0 radical (unpaired) electrons. The van der Waals surface area contributed by atoms with Crippen LogP contribution in [-0.2, 0) is 0 Å². The maximum Gasteiger partial charge on any atom is 0.289 e. The summed E-state index contributed by atoms with van der Waals surface area (Å²) in [5.74, 6) is 0. The molecule has 6 heteroatoms. The van der Waals surface area contributed by atoms with E-state index in [1.54, 1.807) is 6.07 Å². The van der Waals surface area contributed by atoms with Gasteiger partial charge >= 0.3 is 0 Å². The lowest BCUT2D eigenvalue weighted by Gasteiger charge is -1.94. The number of H-pyrrole nitrogens is 1. The van der Waals surface area contributed by atoms with E-state index in [1.165, 1.54) is 18.5 Å². The van der Waals surface area contributed by atoms with Gasteiger partial charge in [0.2, 0.25) is 0 Å². The second kappa shape index (κ2) is 2.81. The minimum Gasteiger partial charge on any atom is -0.345 e. The number of hydrogen-bond donors (Lipinski definition) is 1. The van der Waals surface area contributed by atoms with Gasteiger partial charge in [-0.3, -0.25) is 10.1 Å². The van der Waals surface area contributed by atoms with Crippen molar-refractivity contribution in [3.8, 4) is 6.07 Å². The fraction of sp³-hybridized carbons (Fsp3) is 0. The third-order valence-corrected chi connectivity index (χ3v) is 1.88. The molecule has 0 aliphatic rings. The number of hydrogen-bond acceptors (Lipinski definition) is 4. The molecule has 0 spiro atoms. The van der Waals surface area contributed by atoms with Gasteiger partial charge in [-0.15, -0.1) is 0 Å². The molecule has 14 heavy (non-hydrogen) atoms. The van der Waals surface area contributed by atoms with Crippen molar-refractivity contribution in [3.63, 3.8) is 0 Å². The Balaban J connectivity index is 2.87. The lowest BCUT2D eigenvalue weighted by molar-refractivity contribution is -0.385. The average molecular weight is 188 g/mol. The molecule has 2 aromatic rings. The highest BCUT2D eigenvalue weighted by Gasteiger charge is 2.17. The Labute approximate surface area is 78.0 Å². The molecule has 2 rings (SSSR count). The summed E-state index contributed by atoms with van der Waals surface area (Å²) in [5.41, 5.74) is 0.731. The van der Waals surface area contributed by atoms with Crippen LogP contribution in [0.1, 0.15) is 5.56 Å². The van der Waals surface area contributed by atoms with Crippen LogP contribution >= 0.6 is 0 Å². The Morgan fingerprint density at radius 3 is 3.00 bits per heavy atom. The summed E-state index contributed by atoms with van der Waals surface area (Å²) < 4.78 is 0. The Morgan fingerprint density at radius 1 is 1.57 bits per heavy atom. The lowest BCUT2D eigenvalue weighted by Crippen LogP contribution is -1.92. The van der Waals surface area contributed by atoms with Crippen molar-refractivity contribution in [3.05, 3.63) is 34.1 Å². The Bertz CT molecular complexity index is 552. The summed E-state index contributed by atoms with van der Waals surface area (Å²) in [5, 5.41) is 19.3. The van der Waals surface area contributed by atoms with E-state index in [0.717, 1.165) is 0 Å². The molecule has 1 N–H and O–H groups in total. The van der Waals surface area contributed by atoms with Crippen molar-refractivity contribution in [2.24, 2.45) is 0 Å². The highest BCUT2D eigenvalue weighted by molar-refractivity contribution is 5.85. The zero-order chi connectivity index (χ0) is 10.1. The molecule has 0 amide bonds. The third-order valence-electron chi connectivity index (χ3n) is 1.88. The van der Waals surface area contributed by atoms with Crippen molar-refractivity contribution in [1.82, 2.24) is 9.97 Å². The van der Waals surface area contributed by atoms with Crippen molar-refractivity contribution in [2.75, 3.05) is 0 Å². The largest absolute Gasteiger partial charge is 0.345 e. The molecule has 0 bridgehead atoms. The van der Waals surface area contributed by atoms with Crippen LogP contribution in [0.25, 0.3) is 11.0 Å². The number of rotatable bonds is 1. The van der Waals surface area contributed by atoms with Crippen LogP contribution in [0.2, 0.25) is 0 Å². The van der Waals surface area contributed by atoms with Gasteiger partial charge in [0.15, 0.2) is 5.56 Å². The van der Waals surface area contributed by atoms with E-state index in [0.29, 0.717) is 11.0 Å². The van der Waals surface area contributed by atoms with Crippen LogP contribution in [0.5, 0.6) is 0 Å². The molecule has 68 valence electrons. The zero-order valence-electron chi connectivity index (χ0n) is 6.89. The summed E-state index contributed by atoms with van der Waals surface area (Å²) >= 11 is 0. The maximum atomic E-state index is 10.6. The standard InChI is InChI=1S/C8H4N4O2/c9-3-5-7(12(13)14)2-1-6-8(5)11-4-10-6/h1-2,4H,(H,10,11). The van der Waals surface area contributed by atoms with Crippen LogP contribution in [0.15, 0.2) is 18.5 Å². The topological polar surface area (TPSA) is 95.6 Å². The minimum absolute atomic E-state index is 0.00579. The highest BCUT2D eigenvalue weighted by Crippen LogP contribution is 2.24. The van der Waals surface area contributed by atoms with Crippen LogP contribution in [-0.4, -0.2) is 14.9 Å². The van der Waals surface area contributed by atoms with E-state index in [4.69, 9.17) is 5.26 Å². The zero-order valence-corrected chi connectivity index (χ0v) is 6.89. The van der Waals surface area contributed by atoms with E-state index in [9.17, 15) is 10.1 Å². The van der Waals surface area contributed by atoms with Crippen molar-refractivity contribution in [2.45, 2.75) is 0 Å². The van der Waals surface area contributed by atoms with E-state index in [2.05, 4.69) is 9.97 Å². The molecule has 1 heterocycles. The average Bonchev–Trinajstić information content (AvgIpc) is 2.63. The second-order valence-corrected chi connectivity index (χ2v) is 2.63. The molecule has 0 saturated heterocycles. The van der Waals surface area contributed by atoms with E-state index >= 15 is 0 Å². The summed E-state index contributed by atoms with van der Waals surface area (Å²) in [4.78, 5) is 16.6. The first kappa shape index (κ1) is 8.19. The van der Waals surface area contributed by atoms with Crippen molar-refractivity contribution in [1.29, 1.82) is 5.26 Å². The number of nitrogens with zero attached hydrogens (tertiary/aromatic N) is 3. The van der Waals surface area contributed by atoms with Gasteiger partial charge in [-0.1, -0.05) is 0 Å². The number of nitro groups is 1. The van der Waals surface area contributed by atoms with Crippen LogP contribution in [0.3, 0.4) is 0 Å². The van der Waals surface area contributed by atoms with Gasteiger partial charge in [-0.25, -0.2) is 4.98 Å². The molecule has 0 aliphatic heterocycles. The highest BCUT2D eigenvalue weighted by atomic mass is 16.6. The fourth-order valence-corrected chi connectivity index (χ4v) is 1.26. The number of nitro benzene ring substituents is 1. The van der Waals surface area contributed by atoms with Crippen LogP contribution < -0.4 is 0 Å². The first-order chi connectivity index (χ1) is 6.74. The monoisotopic (exact) mass is 188 g/mol. The van der Waals surface area contributed by atoms with Crippen LogP contribution in [0.4, 0.5) is 5.69 Å². The molecule has 1 aromatic carbocycles. The lowest BCUT2D eigenvalue weighted by atomic mass is 10.1. The summed E-state index contributed by atoms with van der Waals surface area (Å²) in [6, 6.07) is 4.60. The molecule has 0 saturated carbocycles. The Morgan fingerprint density at radius 2 is 2.36 bits per heavy atom. The predicted molar refractivity (Wildman–Crippen MR) is 47.5 cm³/mol. The first-order valence-corrected chi connectivity index (χ1v) is 3.74. The number of aromatic amines is 1. The fourth-order valence-electron chi connectivity index (χ4n) is 1.26. The second-order valence-electron chi connectivity index (χ2n) is 2.63.